The van der Waals surface area contributed by atoms with Crippen molar-refractivity contribution in [2.75, 3.05) is 25.9 Å². The highest BCUT2D eigenvalue weighted by molar-refractivity contribution is 8.00. The second kappa shape index (κ2) is 5.37. The number of thioether (sulfide) groups is 1. The first-order chi connectivity index (χ1) is 7.77. The van der Waals surface area contributed by atoms with Gasteiger partial charge in [0.05, 0.1) is 11.8 Å². The Morgan fingerprint density at radius 2 is 2.12 bits per heavy atom. The van der Waals surface area contributed by atoms with Gasteiger partial charge in [-0.05, 0) is 12.1 Å². The van der Waals surface area contributed by atoms with Crippen molar-refractivity contribution in [3.63, 3.8) is 0 Å². The molecule has 2 rings (SSSR count). The van der Waals surface area contributed by atoms with Crippen LogP contribution in [0.2, 0.25) is 0 Å². The zero-order valence-corrected chi connectivity index (χ0v) is 10.2. The van der Waals surface area contributed by atoms with Crippen molar-refractivity contribution < 1.29 is 4.79 Å². The van der Waals surface area contributed by atoms with E-state index < -0.39 is 0 Å². The van der Waals surface area contributed by atoms with Crippen LogP contribution in [0.5, 0.6) is 0 Å². The molecule has 1 aromatic carbocycles. The van der Waals surface area contributed by atoms with E-state index in [2.05, 4.69) is 5.32 Å². The minimum Gasteiger partial charge on any atom is -0.339 e. The molecule has 0 saturated carbocycles. The molecule has 0 atom stereocenters. The van der Waals surface area contributed by atoms with Crippen molar-refractivity contribution in [3.05, 3.63) is 30.3 Å². The minimum absolute atomic E-state index is 0.209. The standard InChI is InChI=1S/C12H16N2OS/c1-14(10-7-13-8-10)12(15)9-16-11-5-3-2-4-6-11/h2-6,10,13H,7-9H2,1H3. The van der Waals surface area contributed by atoms with Gasteiger partial charge in [0.1, 0.15) is 0 Å². The van der Waals surface area contributed by atoms with Gasteiger partial charge in [0, 0.05) is 25.0 Å². The van der Waals surface area contributed by atoms with Crippen LogP contribution >= 0.6 is 11.8 Å². The molecular formula is C12H16N2OS. The number of hydrogen-bond donors (Lipinski definition) is 1. The van der Waals surface area contributed by atoms with E-state index in [0.717, 1.165) is 18.0 Å². The quantitative estimate of drug-likeness (QED) is 0.798. The lowest BCUT2D eigenvalue weighted by Gasteiger charge is -2.35. The van der Waals surface area contributed by atoms with Gasteiger partial charge in [-0.3, -0.25) is 4.79 Å². The molecule has 0 aliphatic carbocycles. The molecular weight excluding hydrogens is 220 g/mol. The highest BCUT2D eigenvalue weighted by Gasteiger charge is 2.24. The number of carbonyl (C=O) groups excluding carboxylic acids is 1. The fraction of sp³-hybridized carbons (Fsp3) is 0.417. The Balaban J connectivity index is 1.79. The number of benzene rings is 1. The molecule has 16 heavy (non-hydrogen) atoms. The number of carbonyl (C=O) groups is 1. The summed E-state index contributed by atoms with van der Waals surface area (Å²) in [6.07, 6.45) is 0. The second-order valence-corrected chi connectivity index (χ2v) is 4.97. The molecule has 1 aliphatic heterocycles. The van der Waals surface area contributed by atoms with Gasteiger partial charge in [-0.1, -0.05) is 18.2 Å². The van der Waals surface area contributed by atoms with Gasteiger partial charge in [0.2, 0.25) is 5.91 Å². The molecule has 0 bridgehead atoms. The Labute approximate surface area is 100 Å². The average Bonchev–Trinajstić information content (AvgIpc) is 2.25. The summed E-state index contributed by atoms with van der Waals surface area (Å²) in [6, 6.07) is 10.4. The van der Waals surface area contributed by atoms with Crippen LogP contribution in [0.3, 0.4) is 0 Å². The van der Waals surface area contributed by atoms with Gasteiger partial charge in [-0.15, -0.1) is 11.8 Å². The van der Waals surface area contributed by atoms with Crippen LogP contribution in [0.25, 0.3) is 0 Å². The van der Waals surface area contributed by atoms with Crippen molar-refractivity contribution in [2.45, 2.75) is 10.9 Å². The van der Waals surface area contributed by atoms with Crippen LogP contribution < -0.4 is 5.32 Å². The maximum absolute atomic E-state index is 11.8. The molecule has 1 aromatic rings. The van der Waals surface area contributed by atoms with Crippen LogP contribution in [0.1, 0.15) is 0 Å². The van der Waals surface area contributed by atoms with E-state index in [1.54, 1.807) is 11.8 Å². The van der Waals surface area contributed by atoms with E-state index in [4.69, 9.17) is 0 Å². The van der Waals surface area contributed by atoms with E-state index in [9.17, 15) is 4.79 Å². The smallest absolute Gasteiger partial charge is 0.233 e. The highest BCUT2D eigenvalue weighted by atomic mass is 32.2. The van der Waals surface area contributed by atoms with Gasteiger partial charge >= 0.3 is 0 Å². The van der Waals surface area contributed by atoms with Gasteiger partial charge in [-0.2, -0.15) is 0 Å². The van der Waals surface area contributed by atoms with E-state index in [1.165, 1.54) is 0 Å². The van der Waals surface area contributed by atoms with Gasteiger partial charge in [-0.25, -0.2) is 0 Å². The maximum Gasteiger partial charge on any atom is 0.233 e. The Morgan fingerprint density at radius 1 is 1.44 bits per heavy atom. The van der Waals surface area contributed by atoms with E-state index >= 15 is 0 Å². The molecule has 1 N–H and O–H groups in total. The zero-order chi connectivity index (χ0) is 11.4. The lowest BCUT2D eigenvalue weighted by molar-refractivity contribution is -0.129. The molecule has 3 nitrogen and oxygen atoms in total. The largest absolute Gasteiger partial charge is 0.339 e. The van der Waals surface area contributed by atoms with Crippen molar-refractivity contribution in [1.29, 1.82) is 0 Å². The highest BCUT2D eigenvalue weighted by Crippen LogP contribution is 2.17. The topological polar surface area (TPSA) is 32.3 Å². The number of nitrogens with zero attached hydrogens (tertiary/aromatic N) is 1. The summed E-state index contributed by atoms with van der Waals surface area (Å²) in [6.45, 7) is 1.86. The molecule has 4 heteroatoms. The summed E-state index contributed by atoms with van der Waals surface area (Å²) in [5.41, 5.74) is 0. The predicted molar refractivity (Wildman–Crippen MR) is 66.6 cm³/mol. The maximum atomic E-state index is 11.8. The lowest BCUT2D eigenvalue weighted by Crippen LogP contribution is -2.57. The average molecular weight is 236 g/mol. The van der Waals surface area contributed by atoms with Gasteiger partial charge < -0.3 is 10.2 Å². The van der Waals surface area contributed by atoms with Crippen molar-refractivity contribution in [3.8, 4) is 0 Å². The van der Waals surface area contributed by atoms with Crippen LogP contribution in [-0.2, 0) is 4.79 Å². The molecule has 1 fully saturated rings. The van der Waals surface area contributed by atoms with Crippen LogP contribution in [0, 0.1) is 0 Å². The third-order valence-corrected chi connectivity index (χ3v) is 3.80. The Kier molecular flexibility index (Phi) is 3.85. The van der Waals surface area contributed by atoms with Gasteiger partial charge in [0.25, 0.3) is 0 Å². The molecule has 0 aromatic heterocycles. The summed E-state index contributed by atoms with van der Waals surface area (Å²) >= 11 is 1.60. The van der Waals surface area contributed by atoms with Crippen molar-refractivity contribution in [1.82, 2.24) is 10.2 Å². The van der Waals surface area contributed by atoms with Crippen LogP contribution in [0.15, 0.2) is 35.2 Å². The first-order valence-electron chi connectivity index (χ1n) is 5.41. The molecule has 1 saturated heterocycles. The van der Waals surface area contributed by atoms with Gasteiger partial charge in [0.15, 0.2) is 0 Å². The fourth-order valence-corrected chi connectivity index (χ4v) is 2.36. The number of nitrogens with one attached hydrogen (secondary N) is 1. The summed E-state index contributed by atoms with van der Waals surface area (Å²) < 4.78 is 0. The Morgan fingerprint density at radius 3 is 2.69 bits per heavy atom. The summed E-state index contributed by atoms with van der Waals surface area (Å²) in [5.74, 6) is 0.733. The summed E-state index contributed by atoms with van der Waals surface area (Å²) in [4.78, 5) is 14.8. The molecule has 1 heterocycles. The Bertz CT molecular complexity index is 351. The second-order valence-electron chi connectivity index (χ2n) is 3.92. The monoisotopic (exact) mass is 236 g/mol. The number of likely N-dealkylation sites (N-methyl/N-ethyl adjacent to an activating group) is 1. The zero-order valence-electron chi connectivity index (χ0n) is 9.35. The predicted octanol–water partition coefficient (Wildman–Crippen LogP) is 1.21. The Hall–Kier alpha value is -1.00. The third kappa shape index (κ3) is 2.77. The molecule has 0 unspecified atom stereocenters. The normalized spacial score (nSPS) is 15.6. The molecule has 86 valence electrons. The first kappa shape index (κ1) is 11.5. The SMILES string of the molecule is CN(C(=O)CSc1ccccc1)C1CNC1. The molecule has 1 amide bonds. The van der Waals surface area contributed by atoms with Crippen molar-refractivity contribution >= 4 is 17.7 Å². The number of hydrogen-bond acceptors (Lipinski definition) is 3. The fourth-order valence-electron chi connectivity index (χ4n) is 1.51. The van der Waals surface area contributed by atoms with E-state index in [-0.39, 0.29) is 5.91 Å². The van der Waals surface area contributed by atoms with E-state index in [0.29, 0.717) is 11.8 Å². The minimum atomic E-state index is 0.209. The van der Waals surface area contributed by atoms with E-state index in [1.807, 2.05) is 42.3 Å². The number of rotatable bonds is 4. The number of amides is 1. The van der Waals surface area contributed by atoms with Crippen LogP contribution in [0.4, 0.5) is 0 Å². The first-order valence-corrected chi connectivity index (χ1v) is 6.40. The molecule has 1 aliphatic rings. The molecule has 0 radical (unpaired) electrons. The van der Waals surface area contributed by atoms with Crippen molar-refractivity contribution in [2.24, 2.45) is 0 Å². The lowest BCUT2D eigenvalue weighted by atomic mass is 10.1. The summed E-state index contributed by atoms with van der Waals surface area (Å²) in [7, 11) is 1.89. The summed E-state index contributed by atoms with van der Waals surface area (Å²) in [5, 5.41) is 3.17. The molecule has 0 spiro atoms. The third-order valence-electron chi connectivity index (χ3n) is 2.81. The van der Waals surface area contributed by atoms with Crippen LogP contribution in [-0.4, -0.2) is 42.7 Å².